The molecule has 0 atom stereocenters. The number of carbonyl (C=O) groups is 2. The van der Waals surface area contributed by atoms with Crippen molar-refractivity contribution in [2.45, 2.75) is 14.0 Å². The zero-order valence-electron chi connectivity index (χ0n) is 13.3. The Morgan fingerprint density at radius 3 is 2.56 bits per heavy atom. The molecule has 0 radical (unpaired) electrons. The molecule has 0 spiro atoms. The molecule has 0 aliphatic carbocycles. The van der Waals surface area contributed by atoms with Gasteiger partial charge in [0.1, 0.15) is 0 Å². The Kier molecular flexibility index (Phi) is 6.75. The van der Waals surface area contributed by atoms with Crippen molar-refractivity contribution >= 4 is 39.2 Å². The van der Waals surface area contributed by atoms with Crippen molar-refractivity contribution in [2.24, 2.45) is 0 Å². The molecular weight excluding hydrogens is 436 g/mol. The molecule has 3 rings (SSSR count). The normalized spacial score (nSPS) is 10.3. The second-order valence-corrected chi connectivity index (χ2v) is 7.12. The second-order valence-electron chi connectivity index (χ2n) is 5.30. The van der Waals surface area contributed by atoms with Crippen LogP contribution in [0.3, 0.4) is 0 Å². The van der Waals surface area contributed by atoms with E-state index in [1.54, 1.807) is 17.1 Å². The summed E-state index contributed by atoms with van der Waals surface area (Å²) in [5.74, 6) is -2.36. The lowest BCUT2D eigenvalue weighted by atomic mass is 10.2. The van der Waals surface area contributed by atoms with Gasteiger partial charge in [-0.3, -0.25) is 4.68 Å². The van der Waals surface area contributed by atoms with Crippen LogP contribution >= 0.6 is 27.3 Å². The Labute approximate surface area is 168 Å². The summed E-state index contributed by atoms with van der Waals surface area (Å²) >= 11 is 4.33. The van der Waals surface area contributed by atoms with E-state index in [2.05, 4.69) is 21.0 Å². The Balaban J connectivity index is 0.00000261. The molecule has 7 nitrogen and oxygen atoms in total. The van der Waals surface area contributed by atoms with Gasteiger partial charge < -0.3 is 14.9 Å². The number of ether oxygens (including phenoxy) is 1. The Hall–Kier alpha value is -2.65. The topological polar surface area (TPSA) is 102 Å². The number of carboxylic acids is 2. The van der Waals surface area contributed by atoms with Crippen molar-refractivity contribution in [1.29, 1.82) is 0 Å². The molecule has 27 heavy (non-hydrogen) atoms. The quantitative estimate of drug-likeness (QED) is 0.556. The summed E-state index contributed by atoms with van der Waals surface area (Å²) < 4.78 is 7.30. The van der Waals surface area contributed by atoms with Gasteiger partial charge in [0.2, 0.25) is 0 Å². The van der Waals surface area contributed by atoms with Crippen LogP contribution in [0.2, 0.25) is 0 Å². The molecule has 0 aliphatic heterocycles. The van der Waals surface area contributed by atoms with E-state index in [0.717, 1.165) is 16.9 Å². The van der Waals surface area contributed by atoms with Crippen LogP contribution in [-0.4, -0.2) is 38.5 Å². The van der Waals surface area contributed by atoms with E-state index in [-0.39, 0.29) is 18.1 Å². The molecule has 2 heterocycles. The molecule has 0 bridgehead atoms. The monoisotopic (exact) mass is 452 g/mol. The summed E-state index contributed by atoms with van der Waals surface area (Å²) in [6, 6.07) is 9.81. The van der Waals surface area contributed by atoms with Crippen LogP contribution < -0.4 is 4.74 Å². The minimum Gasteiger partial charge on any atom is -0.479 e. The number of thiophene rings is 1. The first kappa shape index (κ1) is 20.7. The Morgan fingerprint density at radius 1 is 1.22 bits per heavy atom. The molecule has 2 aromatic heterocycles. The van der Waals surface area contributed by atoms with Gasteiger partial charge in [0.15, 0.2) is 17.2 Å². The van der Waals surface area contributed by atoms with E-state index in [4.69, 9.17) is 9.84 Å². The molecule has 0 fully saturated rings. The molecule has 3 aromatic rings. The standard InChI is InChI=1S/C17H13BrN2O5S.CH4/c18-13-14(25-9-12(21)22)16(17(23)24)26-15(13)11-6-19-20(8-11)7-10-4-2-1-3-5-10;/h1-6,8H,7,9H2,(H,21,22)(H,23,24);1H4. The highest BCUT2D eigenvalue weighted by Crippen LogP contribution is 2.45. The first-order chi connectivity index (χ1) is 12.5. The van der Waals surface area contributed by atoms with Crippen LogP contribution in [-0.2, 0) is 11.3 Å². The molecular formula is C18H17BrN2O5S. The van der Waals surface area contributed by atoms with E-state index in [0.29, 0.717) is 21.5 Å². The molecule has 2 N–H and O–H groups in total. The van der Waals surface area contributed by atoms with Crippen LogP contribution in [0.5, 0.6) is 5.75 Å². The third kappa shape index (κ3) is 4.75. The fraction of sp³-hybridized carbons (Fsp3) is 0.167. The average Bonchev–Trinajstić information content (AvgIpc) is 3.18. The van der Waals surface area contributed by atoms with E-state index in [1.807, 2.05) is 30.3 Å². The number of aliphatic carboxylic acids is 1. The Morgan fingerprint density at radius 2 is 1.93 bits per heavy atom. The molecule has 9 heteroatoms. The zero-order chi connectivity index (χ0) is 18.7. The van der Waals surface area contributed by atoms with Crippen molar-refractivity contribution in [3.8, 4) is 16.2 Å². The van der Waals surface area contributed by atoms with Crippen molar-refractivity contribution in [3.63, 3.8) is 0 Å². The molecule has 0 aliphatic rings. The van der Waals surface area contributed by atoms with Gasteiger partial charge >= 0.3 is 11.9 Å². The van der Waals surface area contributed by atoms with Crippen molar-refractivity contribution in [3.05, 3.63) is 57.6 Å². The van der Waals surface area contributed by atoms with Gasteiger partial charge in [-0.25, -0.2) is 9.59 Å². The van der Waals surface area contributed by atoms with Gasteiger partial charge in [0.05, 0.1) is 22.1 Å². The van der Waals surface area contributed by atoms with E-state index in [1.165, 1.54) is 0 Å². The van der Waals surface area contributed by atoms with E-state index >= 15 is 0 Å². The summed E-state index contributed by atoms with van der Waals surface area (Å²) in [5.41, 5.74) is 1.80. The number of halogens is 1. The van der Waals surface area contributed by atoms with Gasteiger partial charge in [-0.15, -0.1) is 11.3 Å². The maximum Gasteiger partial charge on any atom is 0.349 e. The predicted molar refractivity (Wildman–Crippen MR) is 106 cm³/mol. The maximum atomic E-state index is 11.5. The van der Waals surface area contributed by atoms with Crippen LogP contribution in [0.4, 0.5) is 0 Å². The molecule has 0 saturated carbocycles. The van der Waals surface area contributed by atoms with Crippen molar-refractivity contribution in [2.75, 3.05) is 6.61 Å². The highest BCUT2D eigenvalue weighted by molar-refractivity contribution is 9.10. The fourth-order valence-electron chi connectivity index (χ4n) is 2.32. The largest absolute Gasteiger partial charge is 0.479 e. The fourth-order valence-corrected chi connectivity index (χ4v) is 4.19. The first-order valence-corrected chi connectivity index (χ1v) is 9.03. The molecule has 1 aromatic carbocycles. The minimum atomic E-state index is -1.18. The highest BCUT2D eigenvalue weighted by atomic mass is 79.9. The van der Waals surface area contributed by atoms with Crippen molar-refractivity contribution in [1.82, 2.24) is 9.78 Å². The number of hydrogen-bond acceptors (Lipinski definition) is 5. The number of aromatic carboxylic acids is 1. The molecule has 0 amide bonds. The predicted octanol–water partition coefficient (Wildman–Crippen LogP) is 4.22. The van der Waals surface area contributed by atoms with Crippen LogP contribution in [0.1, 0.15) is 22.7 Å². The van der Waals surface area contributed by atoms with E-state index in [9.17, 15) is 14.7 Å². The Bertz CT molecular complexity index is 952. The number of carboxylic acid groups (broad SMARTS) is 2. The zero-order valence-corrected chi connectivity index (χ0v) is 15.7. The number of benzene rings is 1. The maximum absolute atomic E-state index is 11.5. The van der Waals surface area contributed by atoms with Crippen LogP contribution in [0, 0.1) is 0 Å². The SMILES string of the molecule is C.O=C(O)COc1c(C(=O)O)sc(-c2cnn(Cc3ccccc3)c2)c1Br. The minimum absolute atomic E-state index is 0. The molecule has 0 unspecified atom stereocenters. The van der Waals surface area contributed by atoms with Gasteiger partial charge in [0, 0.05) is 11.8 Å². The number of aromatic nitrogens is 2. The lowest BCUT2D eigenvalue weighted by molar-refractivity contribution is -0.139. The second kappa shape index (κ2) is 8.83. The summed E-state index contributed by atoms with van der Waals surface area (Å²) in [4.78, 5) is 22.7. The molecule has 0 saturated heterocycles. The van der Waals surface area contributed by atoms with Crippen molar-refractivity contribution < 1.29 is 24.5 Å². The average molecular weight is 453 g/mol. The van der Waals surface area contributed by atoms with Gasteiger partial charge in [0.25, 0.3) is 0 Å². The summed E-state index contributed by atoms with van der Waals surface area (Å²) in [5, 5.41) is 22.4. The lowest BCUT2D eigenvalue weighted by Crippen LogP contribution is -2.11. The first-order valence-electron chi connectivity index (χ1n) is 7.42. The van der Waals surface area contributed by atoms with Gasteiger partial charge in [-0.05, 0) is 21.5 Å². The number of rotatable bonds is 7. The third-order valence-corrected chi connectivity index (χ3v) is 5.65. The smallest absolute Gasteiger partial charge is 0.349 e. The van der Waals surface area contributed by atoms with E-state index < -0.39 is 18.5 Å². The highest BCUT2D eigenvalue weighted by Gasteiger charge is 2.25. The molecule has 142 valence electrons. The van der Waals surface area contributed by atoms with Gasteiger partial charge in [-0.2, -0.15) is 5.10 Å². The lowest BCUT2D eigenvalue weighted by Gasteiger charge is -2.03. The van der Waals surface area contributed by atoms with Crippen LogP contribution in [0.25, 0.3) is 10.4 Å². The summed E-state index contributed by atoms with van der Waals surface area (Å²) in [6.45, 7) is -0.0414. The summed E-state index contributed by atoms with van der Waals surface area (Å²) in [6.07, 6.45) is 3.43. The van der Waals surface area contributed by atoms with Crippen LogP contribution in [0.15, 0.2) is 47.2 Å². The van der Waals surface area contributed by atoms with Gasteiger partial charge in [-0.1, -0.05) is 37.8 Å². The summed E-state index contributed by atoms with van der Waals surface area (Å²) in [7, 11) is 0. The number of hydrogen-bond donors (Lipinski definition) is 2. The third-order valence-electron chi connectivity index (χ3n) is 3.43. The number of nitrogens with zero attached hydrogens (tertiary/aromatic N) is 2.